The third-order valence-corrected chi connectivity index (χ3v) is 6.56. The zero-order chi connectivity index (χ0) is 20.4. The van der Waals surface area contributed by atoms with Crippen LogP contribution < -0.4 is 10.2 Å². The number of hydrogen-bond donors (Lipinski definition) is 2. The second kappa shape index (κ2) is 8.31. The fourth-order valence-electron chi connectivity index (χ4n) is 3.86. The molecule has 1 fully saturated rings. The number of rotatable bonds is 5. The number of nitrogens with zero attached hydrogens (tertiary/aromatic N) is 1. The van der Waals surface area contributed by atoms with Gasteiger partial charge in [-0.25, -0.2) is 9.78 Å². The molecule has 2 heterocycles. The number of benzene rings is 2. The van der Waals surface area contributed by atoms with E-state index in [1.165, 1.54) is 16.7 Å². The number of aryl methyl sites for hydroxylation is 1. The lowest BCUT2D eigenvalue weighted by Gasteiger charge is -2.19. The van der Waals surface area contributed by atoms with Crippen molar-refractivity contribution in [3.63, 3.8) is 0 Å². The van der Waals surface area contributed by atoms with Gasteiger partial charge in [0.2, 0.25) is 0 Å². The van der Waals surface area contributed by atoms with Crippen LogP contribution in [0.5, 0.6) is 0 Å². The van der Waals surface area contributed by atoms with Gasteiger partial charge < -0.3 is 15.0 Å². The maximum atomic E-state index is 12.8. The van der Waals surface area contributed by atoms with Crippen LogP contribution >= 0.6 is 11.3 Å². The summed E-state index contributed by atoms with van der Waals surface area (Å²) < 4.78 is 5.96. The van der Waals surface area contributed by atoms with Crippen molar-refractivity contribution in [1.29, 1.82) is 0 Å². The predicted octanol–water partition coefficient (Wildman–Crippen LogP) is 2.75. The van der Waals surface area contributed by atoms with Crippen LogP contribution in [-0.2, 0) is 9.53 Å². The molecule has 2 N–H and O–H groups in total. The number of esters is 1. The number of quaternary nitrogens is 1. The second-order valence-corrected chi connectivity index (χ2v) is 8.43. The first-order valence-electron chi connectivity index (χ1n) is 9.74. The minimum absolute atomic E-state index is 0.0573. The maximum Gasteiger partial charge on any atom is 0.337 e. The molecule has 150 valence electrons. The number of aromatic nitrogens is 1. The zero-order valence-electron chi connectivity index (χ0n) is 16.5. The predicted molar refractivity (Wildman–Crippen MR) is 113 cm³/mol. The Morgan fingerprint density at radius 1 is 1.28 bits per heavy atom. The Balaban J connectivity index is 1.47. The molecule has 0 radical (unpaired) electrons. The van der Waals surface area contributed by atoms with Crippen molar-refractivity contribution in [2.45, 2.75) is 25.8 Å². The van der Waals surface area contributed by atoms with E-state index in [1.54, 1.807) is 23.5 Å². The van der Waals surface area contributed by atoms with E-state index in [2.05, 4.69) is 11.4 Å². The highest BCUT2D eigenvalue weighted by Gasteiger charge is 2.34. The Labute approximate surface area is 173 Å². The fourth-order valence-corrected chi connectivity index (χ4v) is 5.02. The van der Waals surface area contributed by atoms with Gasteiger partial charge in [0.1, 0.15) is 6.04 Å². The van der Waals surface area contributed by atoms with Crippen molar-refractivity contribution in [3.05, 3.63) is 58.6 Å². The highest BCUT2D eigenvalue weighted by atomic mass is 32.1. The number of methoxy groups -OCH3 is 1. The van der Waals surface area contributed by atoms with Gasteiger partial charge in [-0.05, 0) is 36.8 Å². The molecule has 1 amide bonds. The van der Waals surface area contributed by atoms with Crippen LogP contribution in [0.3, 0.4) is 0 Å². The van der Waals surface area contributed by atoms with Gasteiger partial charge in [-0.1, -0.05) is 18.2 Å². The van der Waals surface area contributed by atoms with Crippen LogP contribution in [0.4, 0.5) is 5.69 Å². The molecule has 6 nitrogen and oxygen atoms in total. The molecule has 3 aromatic rings. The topological polar surface area (TPSA) is 72.7 Å². The van der Waals surface area contributed by atoms with E-state index in [0.717, 1.165) is 35.5 Å². The van der Waals surface area contributed by atoms with E-state index in [4.69, 9.17) is 9.72 Å². The standard InChI is InChI=1S/C22H23N3O3S/c1-14-9-10-15(22(27)28-2)12-17(14)23-20(26)13-25-11-5-7-18(25)21-24-16-6-3-4-8-19(16)29-21/h3-4,6,8-10,12,18H,5,7,11,13H2,1-2H3,(H,23,26)/p+1/t18-/m0/s1. The monoisotopic (exact) mass is 410 g/mol. The third kappa shape index (κ3) is 4.16. The van der Waals surface area contributed by atoms with E-state index in [-0.39, 0.29) is 11.9 Å². The molecule has 1 aromatic heterocycles. The number of likely N-dealkylation sites (tertiary alicyclic amines) is 1. The van der Waals surface area contributed by atoms with Gasteiger partial charge in [0, 0.05) is 18.5 Å². The maximum absolute atomic E-state index is 12.8. The molecule has 29 heavy (non-hydrogen) atoms. The second-order valence-electron chi connectivity index (χ2n) is 7.37. The van der Waals surface area contributed by atoms with Crippen LogP contribution in [0.25, 0.3) is 10.2 Å². The van der Waals surface area contributed by atoms with Gasteiger partial charge in [0.05, 0.1) is 29.4 Å². The number of amides is 1. The number of para-hydroxylation sites is 1. The highest BCUT2D eigenvalue weighted by molar-refractivity contribution is 7.18. The largest absolute Gasteiger partial charge is 0.465 e. The number of anilines is 1. The Bertz CT molecular complexity index is 1030. The molecule has 0 bridgehead atoms. The minimum atomic E-state index is -0.415. The van der Waals surface area contributed by atoms with Crippen molar-refractivity contribution in [2.24, 2.45) is 0 Å². The molecule has 1 aliphatic rings. The molecule has 1 saturated heterocycles. The van der Waals surface area contributed by atoms with Crippen LogP contribution in [0.15, 0.2) is 42.5 Å². The van der Waals surface area contributed by atoms with Gasteiger partial charge in [-0.15, -0.1) is 11.3 Å². The number of ether oxygens (including phenoxy) is 1. The quantitative estimate of drug-likeness (QED) is 0.635. The van der Waals surface area contributed by atoms with Crippen molar-refractivity contribution in [2.75, 3.05) is 25.5 Å². The van der Waals surface area contributed by atoms with Gasteiger partial charge in [0.15, 0.2) is 11.6 Å². The summed E-state index contributed by atoms with van der Waals surface area (Å²) >= 11 is 1.72. The van der Waals surface area contributed by atoms with E-state index in [1.807, 2.05) is 31.2 Å². The molecule has 0 saturated carbocycles. The van der Waals surface area contributed by atoms with Crippen LogP contribution in [0.1, 0.15) is 39.8 Å². The lowest BCUT2D eigenvalue weighted by Crippen LogP contribution is -3.11. The molecule has 4 rings (SSSR count). The first-order chi connectivity index (χ1) is 14.0. The summed E-state index contributed by atoms with van der Waals surface area (Å²) in [4.78, 5) is 30.6. The lowest BCUT2D eigenvalue weighted by molar-refractivity contribution is -0.910. The number of carbonyl (C=O) groups excluding carboxylic acids is 2. The van der Waals surface area contributed by atoms with E-state index < -0.39 is 5.97 Å². The van der Waals surface area contributed by atoms with Gasteiger partial charge in [-0.2, -0.15) is 0 Å². The van der Waals surface area contributed by atoms with Gasteiger partial charge in [0.25, 0.3) is 5.91 Å². The van der Waals surface area contributed by atoms with Crippen LogP contribution in [0, 0.1) is 6.92 Å². The summed E-state index contributed by atoms with van der Waals surface area (Å²) in [6, 6.07) is 13.6. The minimum Gasteiger partial charge on any atom is -0.465 e. The zero-order valence-corrected chi connectivity index (χ0v) is 17.3. The van der Waals surface area contributed by atoms with Crippen molar-refractivity contribution in [1.82, 2.24) is 4.98 Å². The smallest absolute Gasteiger partial charge is 0.337 e. The molecule has 1 aliphatic heterocycles. The molecule has 0 aliphatic carbocycles. The Morgan fingerprint density at radius 2 is 2.10 bits per heavy atom. The first kappa shape index (κ1) is 19.5. The average molecular weight is 411 g/mol. The van der Waals surface area contributed by atoms with Gasteiger partial charge >= 0.3 is 5.97 Å². The molecule has 0 spiro atoms. The Kier molecular flexibility index (Phi) is 5.60. The normalized spacial score (nSPS) is 18.7. The third-order valence-electron chi connectivity index (χ3n) is 5.41. The summed E-state index contributed by atoms with van der Waals surface area (Å²) in [5.74, 6) is -0.473. The van der Waals surface area contributed by atoms with Crippen molar-refractivity contribution < 1.29 is 19.2 Å². The molecule has 2 aromatic carbocycles. The molecule has 1 unspecified atom stereocenters. The Hall–Kier alpha value is -2.77. The molecular weight excluding hydrogens is 386 g/mol. The number of nitrogens with one attached hydrogen (secondary N) is 2. The van der Waals surface area contributed by atoms with E-state index >= 15 is 0 Å². The molecular formula is C22H24N3O3S+. The van der Waals surface area contributed by atoms with E-state index in [9.17, 15) is 9.59 Å². The SMILES string of the molecule is COC(=O)c1ccc(C)c(NC(=O)C[NH+]2CCC[C@H]2c2nc3ccccc3s2)c1. The highest BCUT2D eigenvalue weighted by Crippen LogP contribution is 2.28. The average Bonchev–Trinajstić information content (AvgIpc) is 3.35. The fraction of sp³-hybridized carbons (Fsp3) is 0.318. The summed E-state index contributed by atoms with van der Waals surface area (Å²) in [5.41, 5.74) is 3.01. The van der Waals surface area contributed by atoms with Crippen LogP contribution in [-0.4, -0.2) is 37.1 Å². The summed E-state index contributed by atoms with van der Waals surface area (Å²) in [6.07, 6.45) is 2.12. The Morgan fingerprint density at radius 3 is 2.90 bits per heavy atom. The first-order valence-corrected chi connectivity index (χ1v) is 10.6. The van der Waals surface area contributed by atoms with E-state index in [0.29, 0.717) is 17.8 Å². The number of hydrogen-bond acceptors (Lipinski definition) is 5. The summed E-state index contributed by atoms with van der Waals surface area (Å²) in [7, 11) is 1.35. The number of thiazole rings is 1. The number of fused-ring (bicyclic) bond motifs is 1. The van der Waals surface area contributed by atoms with Gasteiger partial charge in [-0.3, -0.25) is 4.79 Å². The summed E-state index contributed by atoms with van der Waals surface area (Å²) in [6.45, 7) is 3.24. The summed E-state index contributed by atoms with van der Waals surface area (Å²) in [5, 5.41) is 4.08. The molecule has 7 heteroatoms. The molecule has 2 atom stereocenters. The van der Waals surface area contributed by atoms with Crippen LogP contribution in [0.2, 0.25) is 0 Å². The van der Waals surface area contributed by atoms with Crippen molar-refractivity contribution >= 4 is 39.1 Å². The number of carbonyl (C=O) groups is 2. The lowest BCUT2D eigenvalue weighted by atomic mass is 10.1. The van der Waals surface area contributed by atoms with Crippen molar-refractivity contribution in [3.8, 4) is 0 Å².